The van der Waals surface area contributed by atoms with E-state index in [-0.39, 0.29) is 22.6 Å². The summed E-state index contributed by atoms with van der Waals surface area (Å²) in [6.07, 6.45) is 0.921. The van der Waals surface area contributed by atoms with Crippen LogP contribution in [0.4, 0.5) is 0 Å². The number of aliphatic imine (C=N–C) groups is 1. The number of nitrogens with zero attached hydrogens (tertiary/aromatic N) is 3. The minimum absolute atomic E-state index is 0. The second kappa shape index (κ2) is 8.14. The Balaban J connectivity index is 0. The van der Waals surface area contributed by atoms with E-state index in [1.54, 1.807) is 0 Å². The number of likely N-dealkylation sites (N-methyl/N-ethyl adjacent to an activating group) is 1. The van der Waals surface area contributed by atoms with Crippen LogP contribution in [0.2, 0.25) is 0 Å². The van der Waals surface area contributed by atoms with E-state index >= 15 is 0 Å². The van der Waals surface area contributed by atoms with Crippen LogP contribution in [0.15, 0.2) is 4.99 Å². The summed E-state index contributed by atoms with van der Waals surface area (Å²) in [5.74, 6) is 0.986. The van der Waals surface area contributed by atoms with Crippen molar-refractivity contribution in [2.24, 2.45) is 4.99 Å². The molecule has 0 rings (SSSR count). The van der Waals surface area contributed by atoms with Gasteiger partial charge in [-0.3, -0.25) is 0 Å². The Morgan fingerprint density at radius 2 is 1.80 bits per heavy atom. The Hall–Kier alpha value is -0.0505. The van der Waals surface area contributed by atoms with Crippen LogP contribution in [0.5, 0.6) is 0 Å². The Morgan fingerprint density at radius 1 is 1.27 bits per heavy atom. The molecule has 0 aromatic rings. The molecule has 0 saturated carbocycles. The third kappa shape index (κ3) is 11.9. The molecule has 0 aromatic heterocycles. The summed E-state index contributed by atoms with van der Waals surface area (Å²) in [6, 6.07) is 0. The molecule has 0 radical (unpaired) electrons. The van der Waals surface area contributed by atoms with Crippen LogP contribution in [0, 0.1) is 0 Å². The fraction of sp³-hybridized carbons (Fsp3) is 0.909. The number of amidine groups is 1. The van der Waals surface area contributed by atoms with Gasteiger partial charge in [-0.15, -0.1) is 0 Å². The quantitative estimate of drug-likeness (QED) is 0.435. The van der Waals surface area contributed by atoms with Crippen LogP contribution in [-0.4, -0.2) is 43.5 Å². The van der Waals surface area contributed by atoms with E-state index in [0.717, 1.165) is 25.3 Å². The minimum Gasteiger partial charge on any atom is -0.468 e. The van der Waals surface area contributed by atoms with Gasteiger partial charge in [0, 0.05) is 0 Å². The van der Waals surface area contributed by atoms with Gasteiger partial charge >= 0.3 is 17.1 Å². The summed E-state index contributed by atoms with van der Waals surface area (Å²) in [7, 11) is 4.12. The molecule has 0 aliphatic rings. The van der Waals surface area contributed by atoms with Gasteiger partial charge in [0.15, 0.2) is 0 Å². The van der Waals surface area contributed by atoms with Crippen molar-refractivity contribution in [3.8, 4) is 0 Å². The smallest absolute Gasteiger partial charge is 0.468 e. The van der Waals surface area contributed by atoms with Crippen molar-refractivity contribution in [3.63, 3.8) is 0 Å². The van der Waals surface area contributed by atoms with Crippen LogP contribution in [0.25, 0.3) is 5.32 Å². The second-order valence-electron chi connectivity index (χ2n) is 4.74. The van der Waals surface area contributed by atoms with Crippen LogP contribution >= 0.6 is 0 Å². The Labute approximate surface area is 105 Å². The summed E-state index contributed by atoms with van der Waals surface area (Å²) in [6.45, 7) is 10.2. The standard InChI is InChI=1S/C11H24N3.Cu/c1-7-10(13-11(2,3)4)12-8-9-14(5)6;/h7-9H2,1-6H3;/q-1;+1. The molecule has 0 aliphatic heterocycles. The van der Waals surface area contributed by atoms with Gasteiger partial charge in [-0.2, -0.15) is 0 Å². The molecular formula is C11H24CuN3. The van der Waals surface area contributed by atoms with Gasteiger partial charge in [-0.1, -0.05) is 33.5 Å². The molecule has 0 atom stereocenters. The van der Waals surface area contributed by atoms with Crippen molar-refractivity contribution in [1.29, 1.82) is 0 Å². The Morgan fingerprint density at radius 3 is 2.13 bits per heavy atom. The van der Waals surface area contributed by atoms with Crippen molar-refractivity contribution in [2.75, 3.05) is 27.2 Å². The molecule has 15 heavy (non-hydrogen) atoms. The van der Waals surface area contributed by atoms with Crippen molar-refractivity contribution in [2.45, 2.75) is 39.7 Å². The predicted molar refractivity (Wildman–Crippen MR) is 64.3 cm³/mol. The maximum Gasteiger partial charge on any atom is 1.00 e. The summed E-state index contributed by atoms with van der Waals surface area (Å²) >= 11 is 0. The second-order valence-corrected chi connectivity index (χ2v) is 4.74. The van der Waals surface area contributed by atoms with E-state index in [4.69, 9.17) is 0 Å². The molecular weight excluding hydrogens is 238 g/mol. The molecule has 0 N–H and O–H groups in total. The van der Waals surface area contributed by atoms with Gasteiger partial charge in [0.25, 0.3) is 0 Å². The first-order valence-electron chi connectivity index (χ1n) is 5.26. The van der Waals surface area contributed by atoms with Gasteiger partial charge < -0.3 is 15.2 Å². The molecule has 0 heterocycles. The van der Waals surface area contributed by atoms with E-state index in [0.29, 0.717) is 0 Å². The summed E-state index contributed by atoms with van der Waals surface area (Å²) in [5.41, 5.74) is -0.00698. The summed E-state index contributed by atoms with van der Waals surface area (Å²) in [5, 5.41) is 4.48. The van der Waals surface area contributed by atoms with Gasteiger partial charge in [0.05, 0.1) is 0 Å². The van der Waals surface area contributed by atoms with E-state index in [9.17, 15) is 0 Å². The normalized spacial score (nSPS) is 12.6. The van der Waals surface area contributed by atoms with Gasteiger partial charge in [0.1, 0.15) is 0 Å². The minimum atomic E-state index is -0.00698. The van der Waals surface area contributed by atoms with E-state index < -0.39 is 0 Å². The molecule has 0 bridgehead atoms. The molecule has 0 amide bonds. The van der Waals surface area contributed by atoms with Crippen LogP contribution in [0.1, 0.15) is 34.1 Å². The van der Waals surface area contributed by atoms with Gasteiger partial charge in [0.2, 0.25) is 0 Å². The molecule has 0 aliphatic carbocycles. The maximum absolute atomic E-state index is 4.56. The molecule has 94 valence electrons. The molecule has 4 heteroatoms. The van der Waals surface area contributed by atoms with E-state index in [1.807, 2.05) is 0 Å². The molecule has 0 fully saturated rings. The van der Waals surface area contributed by atoms with Crippen molar-refractivity contribution >= 4 is 5.84 Å². The first-order chi connectivity index (χ1) is 6.35. The monoisotopic (exact) mass is 261 g/mol. The molecule has 3 nitrogen and oxygen atoms in total. The zero-order valence-corrected chi connectivity index (χ0v) is 11.7. The van der Waals surface area contributed by atoms with E-state index in [2.05, 4.69) is 57.0 Å². The Kier molecular flexibility index (Phi) is 9.42. The van der Waals surface area contributed by atoms with E-state index in [1.165, 1.54) is 0 Å². The summed E-state index contributed by atoms with van der Waals surface area (Å²) < 4.78 is 0. The molecule has 0 unspecified atom stereocenters. The topological polar surface area (TPSA) is 29.7 Å². The number of rotatable bonds is 4. The third-order valence-electron chi connectivity index (χ3n) is 1.62. The van der Waals surface area contributed by atoms with Crippen molar-refractivity contribution in [3.05, 3.63) is 5.32 Å². The average molecular weight is 262 g/mol. The molecule has 0 spiro atoms. The molecule has 0 saturated heterocycles. The summed E-state index contributed by atoms with van der Waals surface area (Å²) in [4.78, 5) is 6.69. The van der Waals surface area contributed by atoms with Crippen molar-refractivity contribution in [1.82, 2.24) is 4.90 Å². The number of hydrogen-bond donors (Lipinski definition) is 0. The third-order valence-corrected chi connectivity index (χ3v) is 1.62. The zero-order chi connectivity index (χ0) is 11.2. The van der Waals surface area contributed by atoms with Crippen LogP contribution in [0.3, 0.4) is 0 Å². The SMILES string of the molecule is CCC(=NC(C)(C)C)[N-]CCN(C)C.[Cu+]. The fourth-order valence-electron chi connectivity index (χ4n) is 0.992. The Bertz CT molecular complexity index is 183. The zero-order valence-electron chi connectivity index (χ0n) is 10.8. The first kappa shape index (κ1) is 17.3. The van der Waals surface area contributed by atoms with Gasteiger partial charge in [-0.25, -0.2) is 0 Å². The van der Waals surface area contributed by atoms with Crippen molar-refractivity contribution < 1.29 is 17.1 Å². The molecule has 0 aromatic carbocycles. The first-order valence-corrected chi connectivity index (χ1v) is 5.26. The predicted octanol–water partition coefficient (Wildman–Crippen LogP) is 2.53. The number of hydrogen-bond acceptors (Lipinski definition) is 2. The van der Waals surface area contributed by atoms with Gasteiger partial charge in [-0.05, 0) is 39.1 Å². The average Bonchev–Trinajstić information content (AvgIpc) is 1.99. The van der Waals surface area contributed by atoms with Crippen LogP contribution < -0.4 is 0 Å². The maximum atomic E-state index is 4.56. The largest absolute Gasteiger partial charge is 1.00 e. The fourth-order valence-corrected chi connectivity index (χ4v) is 0.992. The van der Waals surface area contributed by atoms with Crippen LogP contribution in [-0.2, 0) is 17.1 Å².